The van der Waals surface area contributed by atoms with Gasteiger partial charge in [-0.05, 0) is 12.8 Å². The number of aryl methyl sites for hydroxylation is 1. The normalized spacial score (nSPS) is 11.1. The maximum atomic E-state index is 12.5. The van der Waals surface area contributed by atoms with Crippen LogP contribution in [0, 0.1) is 0 Å². The van der Waals surface area contributed by atoms with Gasteiger partial charge in [0.2, 0.25) is 5.89 Å². The van der Waals surface area contributed by atoms with Crippen molar-refractivity contribution in [1.29, 1.82) is 0 Å². The third kappa shape index (κ3) is 5.19. The number of nitrogens with zero attached hydrogens (tertiary/aromatic N) is 4. The topological polar surface area (TPSA) is 132 Å². The van der Waals surface area contributed by atoms with E-state index in [-0.39, 0.29) is 18.1 Å². The lowest BCUT2D eigenvalue weighted by atomic mass is 10.3. The Morgan fingerprint density at radius 2 is 2.07 bits per heavy atom. The zero-order chi connectivity index (χ0) is 19.8. The first-order valence-electron chi connectivity index (χ1n) is 9.19. The number of nitrogen functional groups attached to an aromatic ring is 1. The maximum absolute atomic E-state index is 12.5. The summed E-state index contributed by atoms with van der Waals surface area (Å²) in [6.45, 7) is 5.41. The number of nitrogens with two attached hydrogens (primary N) is 1. The van der Waals surface area contributed by atoms with E-state index in [0.29, 0.717) is 37.8 Å². The molecule has 0 amide bonds. The third-order valence-electron chi connectivity index (χ3n) is 4.14. The molecule has 0 aliphatic rings. The molecule has 0 saturated carbocycles. The predicted octanol–water partition coefficient (Wildman–Crippen LogP) is 0.907. The number of anilines is 2. The Labute approximate surface area is 157 Å². The van der Waals surface area contributed by atoms with Crippen LogP contribution in [0.3, 0.4) is 0 Å². The summed E-state index contributed by atoms with van der Waals surface area (Å²) in [6.07, 6.45) is 3.29. The van der Waals surface area contributed by atoms with Crippen molar-refractivity contribution in [1.82, 2.24) is 19.7 Å². The van der Waals surface area contributed by atoms with Crippen LogP contribution in [-0.4, -0.2) is 40.0 Å². The number of hydrogen-bond acceptors (Lipinski definition) is 8. The van der Waals surface area contributed by atoms with Crippen molar-refractivity contribution >= 4 is 11.5 Å². The molecule has 0 unspecified atom stereocenters. The van der Waals surface area contributed by atoms with Gasteiger partial charge < -0.3 is 19.9 Å². The summed E-state index contributed by atoms with van der Waals surface area (Å²) in [5.41, 5.74) is 5.35. The molecule has 2 aromatic rings. The molecule has 27 heavy (non-hydrogen) atoms. The van der Waals surface area contributed by atoms with Gasteiger partial charge in [-0.15, -0.1) is 0 Å². The first-order valence-corrected chi connectivity index (χ1v) is 9.19. The Kier molecular flexibility index (Phi) is 7.59. The highest BCUT2D eigenvalue weighted by molar-refractivity contribution is 5.62. The molecule has 0 atom stereocenters. The van der Waals surface area contributed by atoms with Crippen molar-refractivity contribution in [2.75, 3.05) is 30.9 Å². The molecule has 0 saturated heterocycles. The molecule has 150 valence electrons. The van der Waals surface area contributed by atoms with Crippen LogP contribution in [-0.2, 0) is 24.2 Å². The van der Waals surface area contributed by atoms with E-state index >= 15 is 0 Å². The van der Waals surface area contributed by atoms with E-state index in [4.69, 9.17) is 15.0 Å². The van der Waals surface area contributed by atoms with Gasteiger partial charge in [-0.3, -0.25) is 14.3 Å². The van der Waals surface area contributed by atoms with Crippen LogP contribution in [0.25, 0.3) is 0 Å². The molecule has 10 nitrogen and oxygen atoms in total. The molecule has 2 aromatic heterocycles. The number of H-pyrrole nitrogens is 1. The Morgan fingerprint density at radius 3 is 2.74 bits per heavy atom. The van der Waals surface area contributed by atoms with E-state index in [9.17, 15) is 9.59 Å². The molecule has 10 heteroatoms. The molecule has 0 aliphatic carbocycles. The third-order valence-corrected chi connectivity index (χ3v) is 4.14. The quantitative estimate of drug-likeness (QED) is 0.588. The van der Waals surface area contributed by atoms with E-state index in [1.165, 1.54) is 4.57 Å². The minimum atomic E-state index is -0.547. The average Bonchev–Trinajstić information content (AvgIpc) is 3.06. The monoisotopic (exact) mass is 380 g/mol. The summed E-state index contributed by atoms with van der Waals surface area (Å²) in [7, 11) is 1.57. The molecule has 2 rings (SSSR count). The van der Waals surface area contributed by atoms with Crippen LogP contribution >= 0.6 is 0 Å². The summed E-state index contributed by atoms with van der Waals surface area (Å²) >= 11 is 0. The lowest BCUT2D eigenvalue weighted by Gasteiger charge is -2.24. The summed E-state index contributed by atoms with van der Waals surface area (Å²) in [4.78, 5) is 33.0. The Morgan fingerprint density at radius 1 is 1.30 bits per heavy atom. The zero-order valence-electron chi connectivity index (χ0n) is 16.2. The van der Waals surface area contributed by atoms with Gasteiger partial charge in [-0.25, -0.2) is 4.79 Å². The van der Waals surface area contributed by atoms with E-state index in [2.05, 4.69) is 15.1 Å². The number of aromatic nitrogens is 4. The number of aromatic amines is 1. The van der Waals surface area contributed by atoms with Gasteiger partial charge in [-0.2, -0.15) is 4.98 Å². The number of rotatable bonds is 11. The number of methoxy groups -OCH3 is 1. The molecule has 3 N–H and O–H groups in total. The average molecular weight is 380 g/mol. The molecular weight excluding hydrogens is 352 g/mol. The van der Waals surface area contributed by atoms with Gasteiger partial charge in [0.15, 0.2) is 5.82 Å². The van der Waals surface area contributed by atoms with Crippen molar-refractivity contribution in [2.45, 2.75) is 52.6 Å². The number of nitrogens with one attached hydrogen (secondary N) is 1. The van der Waals surface area contributed by atoms with Crippen LogP contribution in [0.15, 0.2) is 14.1 Å². The SMILES string of the molecule is CCCCn1c(N)c(N(CCOC)Cc2nc(CCC)no2)c(=O)[nH]c1=O. The Bertz CT molecular complexity index is 841. The van der Waals surface area contributed by atoms with Gasteiger partial charge in [0.25, 0.3) is 5.56 Å². The smallest absolute Gasteiger partial charge is 0.330 e. The van der Waals surface area contributed by atoms with E-state index < -0.39 is 11.2 Å². The minimum absolute atomic E-state index is 0.126. The molecular formula is C17H28N6O4. The standard InChI is InChI=1S/C17H28N6O4/c1-4-6-8-23-15(18)14(16(24)20-17(23)25)22(9-10-26-3)11-13-19-12(7-5-2)21-27-13/h4-11,18H2,1-3H3,(H,20,24,25). The van der Waals surface area contributed by atoms with Gasteiger partial charge in [0, 0.05) is 26.6 Å². The second-order valence-corrected chi connectivity index (χ2v) is 6.27. The fourth-order valence-corrected chi connectivity index (χ4v) is 2.74. The van der Waals surface area contributed by atoms with Gasteiger partial charge in [0.1, 0.15) is 11.5 Å². The van der Waals surface area contributed by atoms with Crippen molar-refractivity contribution in [3.63, 3.8) is 0 Å². The highest BCUT2D eigenvalue weighted by Crippen LogP contribution is 2.19. The molecule has 0 aliphatic heterocycles. The molecule has 0 aromatic carbocycles. The van der Waals surface area contributed by atoms with Crippen LogP contribution in [0.1, 0.15) is 44.8 Å². The van der Waals surface area contributed by atoms with E-state index in [0.717, 1.165) is 19.3 Å². The van der Waals surface area contributed by atoms with E-state index in [1.54, 1.807) is 12.0 Å². The number of ether oxygens (including phenoxy) is 1. The number of hydrogen-bond donors (Lipinski definition) is 2. The first-order chi connectivity index (χ1) is 13.0. The summed E-state index contributed by atoms with van der Waals surface area (Å²) in [5.74, 6) is 1.12. The lowest BCUT2D eigenvalue weighted by molar-refractivity contribution is 0.204. The second-order valence-electron chi connectivity index (χ2n) is 6.27. The fraction of sp³-hybridized carbons (Fsp3) is 0.647. The summed E-state index contributed by atoms with van der Waals surface area (Å²) in [6, 6.07) is 0. The van der Waals surface area contributed by atoms with Crippen LogP contribution in [0.2, 0.25) is 0 Å². The van der Waals surface area contributed by atoms with Crippen LogP contribution in [0.4, 0.5) is 11.5 Å². The first kappa shape index (κ1) is 20.7. The highest BCUT2D eigenvalue weighted by Gasteiger charge is 2.21. The van der Waals surface area contributed by atoms with Crippen LogP contribution in [0.5, 0.6) is 0 Å². The molecule has 0 spiro atoms. The Balaban J connectivity index is 2.39. The van der Waals surface area contributed by atoms with E-state index in [1.807, 2.05) is 13.8 Å². The summed E-state index contributed by atoms with van der Waals surface area (Å²) < 4.78 is 11.8. The zero-order valence-corrected chi connectivity index (χ0v) is 16.2. The van der Waals surface area contributed by atoms with Gasteiger partial charge in [-0.1, -0.05) is 25.4 Å². The largest absolute Gasteiger partial charge is 0.383 e. The second kappa shape index (κ2) is 9.91. The van der Waals surface area contributed by atoms with Crippen molar-refractivity contribution < 1.29 is 9.26 Å². The lowest BCUT2D eigenvalue weighted by Crippen LogP contribution is -2.39. The van der Waals surface area contributed by atoms with Crippen molar-refractivity contribution in [2.24, 2.45) is 0 Å². The van der Waals surface area contributed by atoms with Crippen LogP contribution < -0.4 is 21.9 Å². The molecule has 0 radical (unpaired) electrons. The van der Waals surface area contributed by atoms with Crippen molar-refractivity contribution in [3.8, 4) is 0 Å². The van der Waals surface area contributed by atoms with Gasteiger partial charge in [0.05, 0.1) is 13.2 Å². The maximum Gasteiger partial charge on any atom is 0.330 e. The minimum Gasteiger partial charge on any atom is -0.383 e. The Hall–Kier alpha value is -2.62. The molecule has 0 fully saturated rings. The van der Waals surface area contributed by atoms with Crippen molar-refractivity contribution in [3.05, 3.63) is 32.6 Å². The predicted molar refractivity (Wildman–Crippen MR) is 102 cm³/mol. The number of unbranched alkanes of at least 4 members (excludes halogenated alkanes) is 1. The molecule has 2 heterocycles. The summed E-state index contributed by atoms with van der Waals surface area (Å²) in [5, 5.41) is 3.93. The van der Waals surface area contributed by atoms with Gasteiger partial charge >= 0.3 is 5.69 Å². The molecule has 0 bridgehead atoms. The highest BCUT2D eigenvalue weighted by atomic mass is 16.5. The fourth-order valence-electron chi connectivity index (χ4n) is 2.74.